The summed E-state index contributed by atoms with van der Waals surface area (Å²) in [5.41, 5.74) is 0. The van der Waals surface area contributed by atoms with Gasteiger partial charge in [0.05, 0.1) is 0 Å². The highest BCUT2D eigenvalue weighted by Crippen LogP contribution is 2.28. The number of likely N-dealkylation sites (tertiary alicyclic amines) is 1. The molecule has 2 aliphatic heterocycles. The number of nitrogens with one attached hydrogen (secondary N) is 1. The molecule has 2 heterocycles. The highest BCUT2D eigenvalue weighted by atomic mass is 35.5. The third-order valence-electron chi connectivity index (χ3n) is 3.72. The fourth-order valence-corrected chi connectivity index (χ4v) is 2.75. The molecule has 0 radical (unpaired) electrons. The first kappa shape index (κ1) is 15.6. The van der Waals surface area contributed by atoms with Crippen molar-refractivity contribution in [2.24, 2.45) is 11.8 Å². The van der Waals surface area contributed by atoms with Crippen LogP contribution in [0.25, 0.3) is 0 Å². The van der Waals surface area contributed by atoms with Crippen LogP contribution < -0.4 is 5.32 Å². The van der Waals surface area contributed by atoms with Gasteiger partial charge in [-0.3, -0.25) is 4.79 Å². The summed E-state index contributed by atoms with van der Waals surface area (Å²) in [5.74, 6) is 0.280. The molecule has 0 aliphatic carbocycles. The molecule has 2 fully saturated rings. The molecular formula is C11H18ClF3N2O. The number of rotatable bonds is 1. The van der Waals surface area contributed by atoms with Gasteiger partial charge in [0.1, 0.15) is 6.42 Å². The van der Waals surface area contributed by atoms with Gasteiger partial charge in [0.2, 0.25) is 5.91 Å². The minimum absolute atomic E-state index is 0. The van der Waals surface area contributed by atoms with E-state index in [1.807, 2.05) is 0 Å². The summed E-state index contributed by atoms with van der Waals surface area (Å²) in [6.07, 6.45) is -4.07. The minimum Gasteiger partial charge on any atom is -0.342 e. The molecule has 0 aromatic heterocycles. The number of carbonyl (C=O) groups excluding carboxylic acids is 1. The molecule has 2 saturated heterocycles. The van der Waals surface area contributed by atoms with E-state index in [0.717, 1.165) is 25.9 Å². The van der Waals surface area contributed by atoms with Gasteiger partial charge in [0, 0.05) is 13.1 Å². The van der Waals surface area contributed by atoms with Gasteiger partial charge in [0.15, 0.2) is 0 Å². The van der Waals surface area contributed by atoms with Crippen molar-refractivity contribution < 1.29 is 18.0 Å². The van der Waals surface area contributed by atoms with Crippen molar-refractivity contribution in [2.75, 3.05) is 26.2 Å². The third kappa shape index (κ3) is 4.02. The van der Waals surface area contributed by atoms with Crippen molar-refractivity contribution in [3.63, 3.8) is 0 Å². The molecule has 0 bridgehead atoms. The summed E-state index contributed by atoms with van der Waals surface area (Å²) >= 11 is 0. The largest absolute Gasteiger partial charge is 0.397 e. The number of hydrogen-bond acceptors (Lipinski definition) is 2. The normalized spacial score (nSPS) is 28.3. The van der Waals surface area contributed by atoms with Crippen molar-refractivity contribution in [3.8, 4) is 0 Å². The number of alkyl halides is 3. The fourth-order valence-electron chi connectivity index (χ4n) is 2.75. The fraction of sp³-hybridized carbons (Fsp3) is 0.909. The molecular weight excluding hydrogens is 269 g/mol. The average molecular weight is 287 g/mol. The number of fused-ring (bicyclic) bond motifs is 1. The molecule has 0 spiro atoms. The Morgan fingerprint density at radius 2 is 1.67 bits per heavy atom. The van der Waals surface area contributed by atoms with Crippen LogP contribution in [0, 0.1) is 11.8 Å². The van der Waals surface area contributed by atoms with E-state index in [0.29, 0.717) is 24.9 Å². The van der Waals surface area contributed by atoms with Crippen LogP contribution in [0.5, 0.6) is 0 Å². The smallest absolute Gasteiger partial charge is 0.342 e. The van der Waals surface area contributed by atoms with Gasteiger partial charge in [0.25, 0.3) is 0 Å². The summed E-state index contributed by atoms with van der Waals surface area (Å²) in [6.45, 7) is 2.81. The molecule has 0 aromatic carbocycles. The van der Waals surface area contributed by atoms with Crippen LogP contribution in [-0.4, -0.2) is 43.2 Å². The van der Waals surface area contributed by atoms with Crippen LogP contribution in [0.2, 0.25) is 0 Å². The van der Waals surface area contributed by atoms with Crippen molar-refractivity contribution in [2.45, 2.75) is 25.4 Å². The zero-order valence-corrected chi connectivity index (χ0v) is 10.8. The van der Waals surface area contributed by atoms with Gasteiger partial charge < -0.3 is 10.2 Å². The van der Waals surface area contributed by atoms with Crippen molar-refractivity contribution in [1.82, 2.24) is 10.2 Å². The lowest BCUT2D eigenvalue weighted by atomic mass is 9.92. The summed E-state index contributed by atoms with van der Waals surface area (Å²) in [6, 6.07) is 0. The molecule has 1 N–H and O–H groups in total. The number of halogens is 4. The Morgan fingerprint density at radius 1 is 1.17 bits per heavy atom. The van der Waals surface area contributed by atoms with E-state index < -0.39 is 18.5 Å². The first-order valence-corrected chi connectivity index (χ1v) is 6.01. The molecule has 0 aromatic rings. The monoisotopic (exact) mass is 286 g/mol. The molecule has 7 heteroatoms. The number of carbonyl (C=O) groups is 1. The average Bonchev–Trinajstić information content (AvgIpc) is 2.54. The van der Waals surface area contributed by atoms with Gasteiger partial charge in [-0.1, -0.05) is 0 Å². The van der Waals surface area contributed by atoms with E-state index in [2.05, 4.69) is 5.32 Å². The van der Waals surface area contributed by atoms with E-state index in [9.17, 15) is 18.0 Å². The maximum atomic E-state index is 12.1. The summed E-state index contributed by atoms with van der Waals surface area (Å²) in [7, 11) is 0. The summed E-state index contributed by atoms with van der Waals surface area (Å²) in [4.78, 5) is 12.9. The van der Waals surface area contributed by atoms with Crippen molar-refractivity contribution >= 4 is 18.3 Å². The molecule has 2 rings (SSSR count). The van der Waals surface area contributed by atoms with Crippen LogP contribution >= 0.6 is 12.4 Å². The number of nitrogens with zero attached hydrogens (tertiary/aromatic N) is 1. The lowest BCUT2D eigenvalue weighted by Gasteiger charge is -2.21. The number of amides is 1. The Bertz CT molecular complexity index is 285. The van der Waals surface area contributed by atoms with Gasteiger partial charge in [-0.2, -0.15) is 13.2 Å². The topological polar surface area (TPSA) is 32.3 Å². The van der Waals surface area contributed by atoms with Crippen molar-refractivity contribution in [3.05, 3.63) is 0 Å². The third-order valence-corrected chi connectivity index (χ3v) is 3.72. The lowest BCUT2D eigenvalue weighted by molar-refractivity contribution is -0.161. The van der Waals surface area contributed by atoms with Crippen LogP contribution in [0.4, 0.5) is 13.2 Å². The molecule has 1 amide bonds. The van der Waals surface area contributed by atoms with E-state index >= 15 is 0 Å². The Balaban J connectivity index is 0.00000162. The Morgan fingerprint density at radius 3 is 2.11 bits per heavy atom. The predicted molar refractivity (Wildman–Crippen MR) is 63.6 cm³/mol. The first-order chi connectivity index (χ1) is 7.96. The van der Waals surface area contributed by atoms with E-state index in [-0.39, 0.29) is 12.4 Å². The van der Waals surface area contributed by atoms with Crippen LogP contribution in [0.1, 0.15) is 19.3 Å². The lowest BCUT2D eigenvalue weighted by Crippen LogP contribution is -2.35. The summed E-state index contributed by atoms with van der Waals surface area (Å²) < 4.78 is 36.4. The first-order valence-electron chi connectivity index (χ1n) is 6.01. The van der Waals surface area contributed by atoms with Gasteiger partial charge in [-0.05, 0) is 37.8 Å². The summed E-state index contributed by atoms with van der Waals surface area (Å²) in [5, 5.41) is 3.29. The Hall–Kier alpha value is -0.490. The standard InChI is InChI=1S/C11H17F3N2O.ClH/c12-11(13,14)5-10(17)16-3-1-8-6-15-7-9(8)2-4-16;/h8-9,15H,1-7H2;1H/t8-,9+;. The van der Waals surface area contributed by atoms with Gasteiger partial charge in [-0.15, -0.1) is 12.4 Å². The van der Waals surface area contributed by atoms with E-state index in [4.69, 9.17) is 0 Å². The van der Waals surface area contributed by atoms with Crippen LogP contribution in [0.15, 0.2) is 0 Å². The molecule has 2 aliphatic rings. The second kappa shape index (κ2) is 6.10. The maximum Gasteiger partial charge on any atom is 0.397 e. The highest BCUT2D eigenvalue weighted by Gasteiger charge is 2.36. The van der Waals surface area contributed by atoms with Crippen LogP contribution in [-0.2, 0) is 4.79 Å². The van der Waals surface area contributed by atoms with Crippen molar-refractivity contribution in [1.29, 1.82) is 0 Å². The molecule has 0 unspecified atom stereocenters. The second-order valence-corrected chi connectivity index (χ2v) is 4.93. The Kier molecular flexibility index (Phi) is 5.28. The number of hydrogen-bond donors (Lipinski definition) is 1. The zero-order chi connectivity index (χ0) is 12.5. The molecule has 2 atom stereocenters. The molecule has 3 nitrogen and oxygen atoms in total. The maximum absolute atomic E-state index is 12.1. The predicted octanol–water partition coefficient (Wildman–Crippen LogP) is 1.82. The van der Waals surface area contributed by atoms with Crippen LogP contribution in [0.3, 0.4) is 0 Å². The van der Waals surface area contributed by atoms with E-state index in [1.54, 1.807) is 0 Å². The van der Waals surface area contributed by atoms with E-state index in [1.165, 1.54) is 4.90 Å². The van der Waals surface area contributed by atoms with Gasteiger partial charge in [-0.25, -0.2) is 0 Å². The zero-order valence-electron chi connectivity index (χ0n) is 10.0. The quantitative estimate of drug-likeness (QED) is 0.797. The SMILES string of the molecule is Cl.O=C(CC(F)(F)F)N1CC[C@@H]2CNC[C@@H]2CC1. The molecule has 0 saturated carbocycles. The second-order valence-electron chi connectivity index (χ2n) is 4.93. The van der Waals surface area contributed by atoms with Gasteiger partial charge >= 0.3 is 6.18 Å². The highest BCUT2D eigenvalue weighted by molar-refractivity contribution is 5.85. The molecule has 18 heavy (non-hydrogen) atoms. The minimum atomic E-state index is -4.39. The Labute approximate surface area is 110 Å². The molecule has 106 valence electrons.